The van der Waals surface area contributed by atoms with Crippen LogP contribution in [-0.4, -0.2) is 55.0 Å². The summed E-state index contributed by atoms with van der Waals surface area (Å²) in [7, 11) is 1.49. The molecule has 1 fully saturated rings. The molecule has 0 radical (unpaired) electrons. The van der Waals surface area contributed by atoms with E-state index in [0.717, 1.165) is 40.3 Å². The van der Waals surface area contributed by atoms with Crippen molar-refractivity contribution in [3.63, 3.8) is 0 Å². The number of imidazole rings is 1. The fraction of sp³-hybridized carbons (Fsp3) is 0.483. The van der Waals surface area contributed by atoms with Crippen LogP contribution < -0.4 is 10.6 Å². The molecule has 3 N–H and O–H groups in total. The third kappa shape index (κ3) is 6.25. The van der Waals surface area contributed by atoms with Crippen LogP contribution in [0.1, 0.15) is 62.4 Å². The van der Waals surface area contributed by atoms with Crippen LogP contribution in [0, 0.1) is 5.41 Å². The predicted octanol–water partition coefficient (Wildman–Crippen LogP) is 5.31. The SMILES string of the molecule is COCC(C)(C(=O)NCC(=O)NCC(F)F)c1ccc2nc([C@@H](C)[C@H](c3ccccc3Cl)C3(C)CC3)[nH]c2c1. The van der Waals surface area contributed by atoms with Crippen LogP contribution in [0.15, 0.2) is 42.5 Å². The number of carbonyl (C=O) groups excluding carboxylic acids is 2. The van der Waals surface area contributed by atoms with E-state index in [1.54, 1.807) is 6.92 Å². The van der Waals surface area contributed by atoms with Gasteiger partial charge in [-0.15, -0.1) is 0 Å². The lowest BCUT2D eigenvalue weighted by Crippen LogP contribution is -2.48. The van der Waals surface area contributed by atoms with E-state index >= 15 is 0 Å². The summed E-state index contributed by atoms with van der Waals surface area (Å²) in [4.78, 5) is 33.4. The number of amides is 2. The van der Waals surface area contributed by atoms with E-state index in [4.69, 9.17) is 21.3 Å². The first-order chi connectivity index (χ1) is 18.5. The highest BCUT2D eigenvalue weighted by Crippen LogP contribution is 2.60. The number of H-pyrrole nitrogens is 1. The van der Waals surface area contributed by atoms with Gasteiger partial charge < -0.3 is 20.4 Å². The summed E-state index contributed by atoms with van der Waals surface area (Å²) in [6.45, 7) is 5.04. The van der Waals surface area contributed by atoms with Gasteiger partial charge in [0, 0.05) is 24.0 Å². The number of hydrogen-bond acceptors (Lipinski definition) is 4. The molecule has 1 heterocycles. The monoisotopic (exact) mass is 560 g/mol. The number of halogens is 3. The second kappa shape index (κ2) is 11.6. The van der Waals surface area contributed by atoms with Gasteiger partial charge in [-0.05, 0) is 54.5 Å². The number of hydrogen-bond donors (Lipinski definition) is 3. The zero-order valence-electron chi connectivity index (χ0n) is 22.6. The largest absolute Gasteiger partial charge is 0.383 e. The van der Waals surface area contributed by atoms with Gasteiger partial charge in [0.1, 0.15) is 5.82 Å². The normalized spacial score (nSPS) is 17.4. The molecule has 1 saturated carbocycles. The molecule has 2 amide bonds. The number of methoxy groups -OCH3 is 1. The van der Waals surface area contributed by atoms with Crippen molar-refractivity contribution < 1.29 is 23.1 Å². The lowest BCUT2D eigenvalue weighted by Gasteiger charge is -2.30. The van der Waals surface area contributed by atoms with E-state index < -0.39 is 36.7 Å². The number of nitrogens with one attached hydrogen (secondary N) is 3. The van der Waals surface area contributed by atoms with Crippen LogP contribution in [0.4, 0.5) is 8.78 Å². The Morgan fingerprint density at radius 2 is 1.92 bits per heavy atom. The van der Waals surface area contributed by atoms with Gasteiger partial charge in [-0.25, -0.2) is 13.8 Å². The van der Waals surface area contributed by atoms with Gasteiger partial charge in [0.25, 0.3) is 6.43 Å². The van der Waals surface area contributed by atoms with E-state index in [9.17, 15) is 18.4 Å². The predicted molar refractivity (Wildman–Crippen MR) is 147 cm³/mol. The minimum absolute atomic E-state index is 0.0489. The van der Waals surface area contributed by atoms with Gasteiger partial charge in [0.15, 0.2) is 0 Å². The maximum Gasteiger partial charge on any atom is 0.255 e. The molecule has 210 valence electrons. The number of rotatable bonds is 12. The Bertz CT molecular complexity index is 1340. The number of ether oxygens (including phenoxy) is 1. The molecular formula is C29H35ClF2N4O3. The van der Waals surface area contributed by atoms with Gasteiger partial charge in [-0.1, -0.05) is 49.7 Å². The smallest absolute Gasteiger partial charge is 0.255 e. The number of nitrogens with zero attached hydrogens (tertiary/aromatic N) is 1. The summed E-state index contributed by atoms with van der Waals surface area (Å²) in [5, 5.41) is 5.38. The Kier molecular flexibility index (Phi) is 8.61. The van der Waals surface area contributed by atoms with Crippen LogP contribution in [0.3, 0.4) is 0 Å². The van der Waals surface area contributed by atoms with Crippen LogP contribution in [0.5, 0.6) is 0 Å². The summed E-state index contributed by atoms with van der Waals surface area (Å²) >= 11 is 6.63. The molecule has 39 heavy (non-hydrogen) atoms. The van der Waals surface area contributed by atoms with Gasteiger partial charge in [0.05, 0.1) is 36.1 Å². The number of fused-ring (bicyclic) bond motifs is 1. The lowest BCUT2D eigenvalue weighted by atomic mass is 9.75. The average Bonchev–Trinajstić information content (AvgIpc) is 3.49. The molecule has 0 bridgehead atoms. The standard InChI is InChI=1S/C29H35ClF2N4O3/c1-17(25(28(2)11-12-28)19-7-5-6-8-20(19)30)26-35-21-10-9-18(13-22(21)36-26)29(3,16-39-4)27(38)34-15-24(37)33-14-23(31)32/h5-10,13,17,23,25H,11-12,14-16H2,1-4H3,(H,33,37)(H,34,38)(H,35,36)/t17-,25+,29?/m0/s1. The first-order valence-electron chi connectivity index (χ1n) is 13.0. The summed E-state index contributed by atoms with van der Waals surface area (Å²) in [5.41, 5.74) is 2.34. The molecular weight excluding hydrogens is 526 g/mol. The first kappa shape index (κ1) is 29.0. The summed E-state index contributed by atoms with van der Waals surface area (Å²) < 4.78 is 30.1. The van der Waals surface area contributed by atoms with Crippen molar-refractivity contribution in [2.75, 3.05) is 26.8 Å². The van der Waals surface area contributed by atoms with Crippen molar-refractivity contribution >= 4 is 34.4 Å². The molecule has 10 heteroatoms. The molecule has 1 aliphatic rings. The zero-order chi connectivity index (χ0) is 28.4. The number of aromatic amines is 1. The molecule has 0 spiro atoms. The van der Waals surface area contributed by atoms with Crippen LogP contribution in [0.2, 0.25) is 5.02 Å². The number of benzene rings is 2. The molecule has 7 nitrogen and oxygen atoms in total. The van der Waals surface area contributed by atoms with Crippen LogP contribution >= 0.6 is 11.6 Å². The van der Waals surface area contributed by atoms with Crippen molar-refractivity contribution in [2.45, 2.75) is 57.3 Å². The highest BCUT2D eigenvalue weighted by Gasteiger charge is 2.49. The Balaban J connectivity index is 1.59. The molecule has 1 aromatic heterocycles. The van der Waals surface area contributed by atoms with Gasteiger partial charge in [-0.2, -0.15) is 0 Å². The van der Waals surface area contributed by atoms with E-state index in [2.05, 4.69) is 35.5 Å². The van der Waals surface area contributed by atoms with Crippen LogP contribution in [0.25, 0.3) is 11.0 Å². The number of alkyl halides is 2. The lowest BCUT2D eigenvalue weighted by molar-refractivity contribution is -0.131. The number of carbonyl (C=O) groups is 2. The fourth-order valence-corrected chi connectivity index (χ4v) is 5.66. The second-order valence-corrected chi connectivity index (χ2v) is 11.3. The van der Waals surface area contributed by atoms with Crippen molar-refractivity contribution in [1.29, 1.82) is 0 Å². The van der Waals surface area contributed by atoms with E-state index in [0.29, 0.717) is 5.56 Å². The molecule has 1 aliphatic carbocycles. The Morgan fingerprint density at radius 3 is 2.56 bits per heavy atom. The summed E-state index contributed by atoms with van der Waals surface area (Å²) in [6, 6.07) is 13.5. The summed E-state index contributed by atoms with van der Waals surface area (Å²) in [5.74, 6) is -0.0534. The molecule has 0 saturated heterocycles. The minimum atomic E-state index is -2.66. The second-order valence-electron chi connectivity index (χ2n) is 10.9. The number of aromatic nitrogens is 2. The minimum Gasteiger partial charge on any atom is -0.383 e. The maximum atomic E-state index is 13.2. The van der Waals surface area contributed by atoms with E-state index in [1.165, 1.54) is 7.11 Å². The first-order valence-corrected chi connectivity index (χ1v) is 13.4. The van der Waals surface area contributed by atoms with Crippen molar-refractivity contribution in [3.05, 3.63) is 64.4 Å². The highest BCUT2D eigenvalue weighted by atomic mass is 35.5. The molecule has 3 atom stereocenters. The molecule has 4 rings (SSSR count). The zero-order valence-corrected chi connectivity index (χ0v) is 23.4. The molecule has 1 unspecified atom stereocenters. The third-order valence-electron chi connectivity index (χ3n) is 7.90. The Hall–Kier alpha value is -3.04. The van der Waals surface area contributed by atoms with Gasteiger partial charge in [0.2, 0.25) is 11.8 Å². The van der Waals surface area contributed by atoms with E-state index in [1.807, 2.05) is 36.4 Å². The van der Waals surface area contributed by atoms with Crippen molar-refractivity contribution in [1.82, 2.24) is 20.6 Å². The third-order valence-corrected chi connectivity index (χ3v) is 8.24. The molecule has 3 aromatic rings. The quantitative estimate of drug-likeness (QED) is 0.280. The topological polar surface area (TPSA) is 96.1 Å². The fourth-order valence-electron chi connectivity index (χ4n) is 5.41. The van der Waals surface area contributed by atoms with Crippen LogP contribution in [-0.2, 0) is 19.7 Å². The van der Waals surface area contributed by atoms with Crippen molar-refractivity contribution in [3.8, 4) is 0 Å². The summed E-state index contributed by atoms with van der Waals surface area (Å²) in [6.07, 6.45) is -0.408. The van der Waals surface area contributed by atoms with Crippen molar-refractivity contribution in [2.24, 2.45) is 5.41 Å². The van der Waals surface area contributed by atoms with E-state index in [-0.39, 0.29) is 23.9 Å². The Morgan fingerprint density at radius 1 is 1.21 bits per heavy atom. The Labute approximate surface area is 232 Å². The maximum absolute atomic E-state index is 13.2. The highest BCUT2D eigenvalue weighted by molar-refractivity contribution is 6.31. The van der Waals surface area contributed by atoms with Gasteiger partial charge in [-0.3, -0.25) is 9.59 Å². The van der Waals surface area contributed by atoms with Gasteiger partial charge >= 0.3 is 0 Å². The molecule has 2 aromatic carbocycles. The molecule has 0 aliphatic heterocycles. The average molecular weight is 561 g/mol.